The van der Waals surface area contributed by atoms with Gasteiger partial charge >= 0.3 is 10.1 Å². The third kappa shape index (κ3) is 4.67. The molecule has 0 fully saturated rings. The Hall–Kier alpha value is -2.65. The summed E-state index contributed by atoms with van der Waals surface area (Å²) in [5.41, 5.74) is 8.23. The van der Waals surface area contributed by atoms with Gasteiger partial charge < -0.3 is 14.7 Å². The molecule has 3 N–H and O–H groups in total. The van der Waals surface area contributed by atoms with Crippen molar-refractivity contribution in [3.8, 4) is 11.5 Å². The highest BCUT2D eigenvalue weighted by Gasteiger charge is 2.18. The molecule has 0 radical (unpaired) electrons. The molecule has 9 heteroatoms. The van der Waals surface area contributed by atoms with Gasteiger partial charge in [0.2, 0.25) is 0 Å². The molecule has 0 saturated carbocycles. The zero-order valence-electron chi connectivity index (χ0n) is 12.7. The maximum absolute atomic E-state index is 12.3. The van der Waals surface area contributed by atoms with Crippen molar-refractivity contribution in [3.63, 3.8) is 0 Å². The predicted octanol–water partition coefficient (Wildman–Crippen LogP) is 1.63. The van der Waals surface area contributed by atoms with Crippen LogP contribution < -0.4 is 20.1 Å². The van der Waals surface area contributed by atoms with E-state index >= 15 is 0 Å². The minimum absolute atomic E-state index is 0.0166. The van der Waals surface area contributed by atoms with Gasteiger partial charge in [0, 0.05) is 0 Å². The summed E-state index contributed by atoms with van der Waals surface area (Å²) in [5.74, 6) is 0.314. The number of hydrogen-bond acceptors (Lipinski definition) is 6. The molecule has 0 spiro atoms. The minimum atomic E-state index is -3.98. The smallest absolute Gasteiger partial charge is 0.339 e. The van der Waals surface area contributed by atoms with Crippen LogP contribution in [0.3, 0.4) is 0 Å². The van der Waals surface area contributed by atoms with Crippen molar-refractivity contribution in [2.75, 3.05) is 7.11 Å². The Morgan fingerprint density at radius 3 is 2.54 bits per heavy atom. The molecule has 126 valence electrons. The molecule has 0 aliphatic rings. The van der Waals surface area contributed by atoms with Crippen LogP contribution in [0.15, 0.2) is 58.5 Å². The standard InChI is InChI=1S/C15H15N3O4S2/c1-21-13-8-7-11(10-17-18-15(16)23)9-14(13)22-24(19,20)12-5-3-2-4-6-12/h2-10H,1H3,(H3,16,18,23)/b17-10+. The van der Waals surface area contributed by atoms with Crippen molar-refractivity contribution < 1.29 is 17.3 Å². The highest BCUT2D eigenvalue weighted by atomic mass is 32.2. The first-order valence-corrected chi connectivity index (χ1v) is 8.50. The monoisotopic (exact) mass is 365 g/mol. The van der Waals surface area contributed by atoms with E-state index in [9.17, 15) is 8.42 Å². The Balaban J connectivity index is 2.31. The SMILES string of the molecule is COc1ccc(/C=N/NC(N)=S)cc1OS(=O)(=O)c1ccccc1. The van der Waals surface area contributed by atoms with Crippen LogP contribution in [0.25, 0.3) is 0 Å². The molecule has 0 amide bonds. The number of ether oxygens (including phenoxy) is 1. The fourth-order valence-electron chi connectivity index (χ4n) is 1.76. The number of methoxy groups -OCH3 is 1. The molecule has 2 aromatic rings. The molecule has 24 heavy (non-hydrogen) atoms. The van der Waals surface area contributed by atoms with Crippen molar-refractivity contribution >= 4 is 33.7 Å². The molecule has 0 aliphatic heterocycles. The van der Waals surface area contributed by atoms with Gasteiger partial charge in [0.05, 0.1) is 13.3 Å². The lowest BCUT2D eigenvalue weighted by atomic mass is 10.2. The van der Waals surface area contributed by atoms with Gasteiger partial charge in [-0.2, -0.15) is 13.5 Å². The van der Waals surface area contributed by atoms with Crippen LogP contribution >= 0.6 is 12.2 Å². The summed E-state index contributed by atoms with van der Waals surface area (Å²) in [5, 5.41) is 3.82. The largest absolute Gasteiger partial charge is 0.493 e. The van der Waals surface area contributed by atoms with E-state index in [1.807, 2.05) is 0 Å². The molecule has 2 rings (SSSR count). The number of hydrazone groups is 1. The number of nitrogens with zero attached hydrogens (tertiary/aromatic N) is 1. The molecule has 2 aromatic carbocycles. The lowest BCUT2D eigenvalue weighted by Crippen LogP contribution is -2.23. The Morgan fingerprint density at radius 1 is 1.21 bits per heavy atom. The zero-order valence-corrected chi connectivity index (χ0v) is 14.3. The van der Waals surface area contributed by atoms with Crippen LogP contribution in [-0.4, -0.2) is 26.9 Å². The highest BCUT2D eigenvalue weighted by Crippen LogP contribution is 2.30. The summed E-state index contributed by atoms with van der Waals surface area (Å²) in [6.45, 7) is 0. The number of hydrogen-bond donors (Lipinski definition) is 2. The van der Waals surface area contributed by atoms with Gasteiger partial charge in [-0.3, -0.25) is 5.43 Å². The Labute approximate surface area is 145 Å². The molecule has 0 aromatic heterocycles. The molecule has 0 atom stereocenters. The molecular formula is C15H15N3O4S2. The maximum atomic E-state index is 12.3. The van der Waals surface area contributed by atoms with Crippen molar-refractivity contribution in [3.05, 3.63) is 54.1 Å². The zero-order chi connectivity index (χ0) is 17.6. The fraction of sp³-hybridized carbons (Fsp3) is 0.0667. The van der Waals surface area contributed by atoms with E-state index in [1.54, 1.807) is 30.3 Å². The summed E-state index contributed by atoms with van der Waals surface area (Å²) in [7, 11) is -2.56. The molecule has 7 nitrogen and oxygen atoms in total. The average molecular weight is 365 g/mol. The lowest BCUT2D eigenvalue weighted by Gasteiger charge is -2.11. The van der Waals surface area contributed by atoms with E-state index in [4.69, 9.17) is 14.7 Å². The van der Waals surface area contributed by atoms with E-state index in [0.717, 1.165) is 0 Å². The molecule has 0 unspecified atom stereocenters. The summed E-state index contributed by atoms with van der Waals surface area (Å²) < 4.78 is 35.0. The lowest BCUT2D eigenvalue weighted by molar-refractivity contribution is 0.390. The topological polar surface area (TPSA) is 103 Å². The van der Waals surface area contributed by atoms with Crippen LogP contribution in [0, 0.1) is 0 Å². The van der Waals surface area contributed by atoms with Gasteiger partial charge in [-0.25, -0.2) is 0 Å². The normalized spacial score (nSPS) is 11.2. The van der Waals surface area contributed by atoms with Crippen LogP contribution in [0.4, 0.5) is 0 Å². The Morgan fingerprint density at radius 2 is 1.92 bits per heavy atom. The quantitative estimate of drug-likeness (QED) is 0.347. The number of thiocarbonyl (C=S) groups is 1. The fourth-order valence-corrected chi connectivity index (χ4v) is 2.77. The molecule has 0 bridgehead atoms. The van der Waals surface area contributed by atoms with Gasteiger partial charge in [0.1, 0.15) is 4.90 Å². The molecule has 0 saturated heterocycles. The maximum Gasteiger partial charge on any atom is 0.339 e. The molecule has 0 aliphatic carbocycles. The summed E-state index contributed by atoms with van der Waals surface area (Å²) in [4.78, 5) is 0.0428. The van der Waals surface area contributed by atoms with Gasteiger partial charge in [0.25, 0.3) is 0 Å². The van der Waals surface area contributed by atoms with Crippen LogP contribution in [0.5, 0.6) is 11.5 Å². The molecule has 0 heterocycles. The third-order valence-corrected chi connectivity index (χ3v) is 4.15. The highest BCUT2D eigenvalue weighted by molar-refractivity contribution is 7.87. The number of rotatable bonds is 6. The number of benzene rings is 2. The summed E-state index contributed by atoms with van der Waals surface area (Å²) >= 11 is 4.63. The van der Waals surface area contributed by atoms with Crippen LogP contribution in [0.1, 0.15) is 5.56 Å². The van der Waals surface area contributed by atoms with E-state index in [0.29, 0.717) is 5.56 Å². The van der Waals surface area contributed by atoms with Gasteiger partial charge in [0.15, 0.2) is 16.6 Å². The van der Waals surface area contributed by atoms with Gasteiger partial charge in [-0.15, -0.1) is 0 Å². The third-order valence-electron chi connectivity index (χ3n) is 2.81. The summed E-state index contributed by atoms with van der Waals surface area (Å²) in [6, 6.07) is 12.5. The first-order chi connectivity index (χ1) is 11.4. The first kappa shape index (κ1) is 17.7. The van der Waals surface area contributed by atoms with Crippen molar-refractivity contribution in [1.29, 1.82) is 0 Å². The van der Waals surface area contributed by atoms with Gasteiger partial charge in [-0.1, -0.05) is 18.2 Å². The first-order valence-electron chi connectivity index (χ1n) is 6.68. The van der Waals surface area contributed by atoms with E-state index in [2.05, 4.69) is 22.7 Å². The van der Waals surface area contributed by atoms with Crippen molar-refractivity contribution in [2.24, 2.45) is 10.8 Å². The predicted molar refractivity (Wildman–Crippen MR) is 94.8 cm³/mol. The van der Waals surface area contributed by atoms with Crippen LogP contribution in [0.2, 0.25) is 0 Å². The Kier molecular flexibility index (Phi) is 5.72. The summed E-state index contributed by atoms with van der Waals surface area (Å²) in [6.07, 6.45) is 1.42. The van der Waals surface area contributed by atoms with E-state index in [1.165, 1.54) is 31.5 Å². The van der Waals surface area contributed by atoms with Gasteiger partial charge in [-0.05, 0) is 48.1 Å². The van der Waals surface area contributed by atoms with Crippen molar-refractivity contribution in [1.82, 2.24) is 5.43 Å². The minimum Gasteiger partial charge on any atom is -0.493 e. The number of nitrogens with two attached hydrogens (primary N) is 1. The van der Waals surface area contributed by atoms with Crippen LogP contribution in [-0.2, 0) is 10.1 Å². The molecular weight excluding hydrogens is 350 g/mol. The van der Waals surface area contributed by atoms with E-state index in [-0.39, 0.29) is 21.5 Å². The second kappa shape index (κ2) is 7.75. The Bertz CT molecular complexity index is 852. The number of nitrogens with one attached hydrogen (secondary N) is 1. The second-order valence-electron chi connectivity index (χ2n) is 4.50. The second-order valence-corrected chi connectivity index (χ2v) is 6.48. The van der Waals surface area contributed by atoms with Crippen molar-refractivity contribution in [2.45, 2.75) is 4.90 Å². The van der Waals surface area contributed by atoms with E-state index < -0.39 is 10.1 Å². The average Bonchev–Trinajstić information content (AvgIpc) is 2.55.